The van der Waals surface area contributed by atoms with Crippen molar-refractivity contribution in [2.24, 2.45) is 0 Å². The smallest absolute Gasteiger partial charge is 0.259 e. The van der Waals surface area contributed by atoms with Gasteiger partial charge in [-0.3, -0.25) is 9.97 Å². The average molecular weight is 377 g/mol. The summed E-state index contributed by atoms with van der Waals surface area (Å²) < 4.78 is 0.0394. The Labute approximate surface area is 111 Å². The van der Waals surface area contributed by atoms with Gasteiger partial charge in [0.05, 0.1) is 4.83 Å². The molecule has 6 nitrogen and oxygen atoms in total. The van der Waals surface area contributed by atoms with Crippen LogP contribution in [-0.2, 0) is 6.54 Å². The summed E-state index contributed by atoms with van der Waals surface area (Å²) in [5.41, 5.74) is -2.37. The van der Waals surface area contributed by atoms with Crippen LogP contribution in [0.25, 0.3) is 0 Å². The third-order valence-electron chi connectivity index (χ3n) is 1.82. The number of alkyl halides is 3. The molecule has 2 N–H and O–H groups in total. The van der Waals surface area contributed by atoms with Crippen molar-refractivity contribution in [3.63, 3.8) is 0 Å². The molecular formula is C7H8Br2ClN3O3. The highest BCUT2D eigenvalue weighted by atomic mass is 79.9. The Morgan fingerprint density at radius 2 is 1.81 bits per heavy atom. The van der Waals surface area contributed by atoms with Crippen LogP contribution in [0.15, 0.2) is 14.4 Å². The molecule has 0 saturated heterocycles. The van der Waals surface area contributed by atoms with Crippen LogP contribution in [0.5, 0.6) is 0 Å². The summed E-state index contributed by atoms with van der Waals surface area (Å²) in [7, 11) is 0. The molecule has 2 atom stereocenters. The van der Waals surface area contributed by atoms with E-state index in [-0.39, 0.29) is 11.4 Å². The zero-order valence-electron chi connectivity index (χ0n) is 8.09. The minimum atomic E-state index is -0.829. The van der Waals surface area contributed by atoms with Crippen LogP contribution in [-0.4, -0.2) is 23.1 Å². The summed E-state index contributed by atoms with van der Waals surface area (Å²) in [5, 5.41) is 0. The Balaban J connectivity index is 3.13. The van der Waals surface area contributed by atoms with Gasteiger partial charge >= 0.3 is 17.1 Å². The number of aromatic amines is 2. The van der Waals surface area contributed by atoms with Crippen molar-refractivity contribution in [2.45, 2.75) is 22.1 Å². The highest BCUT2D eigenvalue weighted by molar-refractivity contribution is 9.13. The lowest BCUT2D eigenvalue weighted by atomic mass is 10.3. The predicted octanol–water partition coefficient (Wildman–Crippen LogP) is 0.338. The van der Waals surface area contributed by atoms with Crippen molar-refractivity contribution in [1.29, 1.82) is 0 Å². The summed E-state index contributed by atoms with van der Waals surface area (Å²) in [6, 6.07) is 0. The third-order valence-corrected chi connectivity index (χ3v) is 4.72. The largest absolute Gasteiger partial charge is 0.333 e. The van der Waals surface area contributed by atoms with E-state index < -0.39 is 20.9 Å². The topological polar surface area (TPSA) is 87.7 Å². The molecule has 1 aromatic rings. The predicted molar refractivity (Wildman–Crippen MR) is 67.8 cm³/mol. The number of halogens is 3. The van der Waals surface area contributed by atoms with Gasteiger partial charge in [-0.05, 0) is 6.92 Å². The van der Waals surface area contributed by atoms with Gasteiger partial charge in [0, 0.05) is 6.54 Å². The molecule has 0 spiro atoms. The number of rotatable bonds is 3. The Morgan fingerprint density at radius 1 is 1.38 bits per heavy atom. The first-order chi connectivity index (χ1) is 7.21. The number of hydrogen-bond acceptors (Lipinski definition) is 3. The number of hydrogen-bond donors (Lipinski definition) is 2. The van der Waals surface area contributed by atoms with Crippen LogP contribution in [0.2, 0.25) is 0 Å². The van der Waals surface area contributed by atoms with E-state index in [0.29, 0.717) is 0 Å². The molecule has 0 saturated carbocycles. The molecule has 0 aliphatic heterocycles. The lowest BCUT2D eigenvalue weighted by molar-refractivity contribution is 0.570. The van der Waals surface area contributed by atoms with Gasteiger partial charge in [-0.25, -0.2) is 19.0 Å². The maximum absolute atomic E-state index is 11.3. The Hall–Kier alpha value is -0.340. The van der Waals surface area contributed by atoms with Crippen LogP contribution < -0.4 is 17.1 Å². The quantitative estimate of drug-likeness (QED) is 0.745. The number of nitrogens with one attached hydrogen (secondary N) is 2. The standard InChI is InChI=1S/C7H8Br2ClN3O3/c1-7(9,10)3(8)2-13-5(15)11-4(14)12-6(13)16/h3H,2H2,1H3,(H2,11,12,14,15,16)/t3-,7+/m1/s1. The first-order valence-corrected chi connectivity index (χ1v) is 6.26. The van der Waals surface area contributed by atoms with Crippen LogP contribution in [0.3, 0.4) is 0 Å². The normalized spacial score (nSPS) is 16.8. The van der Waals surface area contributed by atoms with Crippen molar-refractivity contribution in [3.05, 3.63) is 31.5 Å². The molecule has 9 heteroatoms. The maximum Gasteiger partial charge on any atom is 0.333 e. The van der Waals surface area contributed by atoms with E-state index in [0.717, 1.165) is 4.57 Å². The van der Waals surface area contributed by atoms with E-state index in [1.807, 2.05) is 9.97 Å². The van der Waals surface area contributed by atoms with E-state index in [4.69, 9.17) is 11.6 Å². The molecule has 1 aromatic heterocycles. The third kappa shape index (κ3) is 3.33. The van der Waals surface area contributed by atoms with Gasteiger partial charge in [-0.1, -0.05) is 31.9 Å². The van der Waals surface area contributed by atoms with Gasteiger partial charge in [0.25, 0.3) is 0 Å². The Bertz CT molecular complexity index is 507. The maximum atomic E-state index is 11.3. The molecule has 1 heterocycles. The van der Waals surface area contributed by atoms with Gasteiger partial charge in [0.1, 0.15) is 3.78 Å². The molecule has 0 bridgehead atoms. The molecule has 0 aromatic carbocycles. The van der Waals surface area contributed by atoms with Crippen LogP contribution in [0.4, 0.5) is 0 Å². The molecule has 0 aliphatic rings. The van der Waals surface area contributed by atoms with Crippen molar-refractivity contribution >= 4 is 43.5 Å². The van der Waals surface area contributed by atoms with Crippen molar-refractivity contribution < 1.29 is 0 Å². The van der Waals surface area contributed by atoms with E-state index in [1.165, 1.54) is 0 Å². The van der Waals surface area contributed by atoms with Crippen LogP contribution in [0, 0.1) is 0 Å². The fourth-order valence-corrected chi connectivity index (χ4v) is 1.44. The fourth-order valence-electron chi connectivity index (χ4n) is 0.939. The zero-order valence-corrected chi connectivity index (χ0v) is 12.0. The van der Waals surface area contributed by atoms with Gasteiger partial charge in [-0.2, -0.15) is 0 Å². The average Bonchev–Trinajstić information content (AvgIpc) is 2.08. The van der Waals surface area contributed by atoms with Gasteiger partial charge < -0.3 is 0 Å². The second-order valence-corrected chi connectivity index (χ2v) is 7.22. The number of nitrogens with zero attached hydrogens (tertiary/aromatic N) is 1. The van der Waals surface area contributed by atoms with Crippen molar-refractivity contribution in [1.82, 2.24) is 14.5 Å². The molecule has 90 valence electrons. The van der Waals surface area contributed by atoms with Gasteiger partial charge in [0.15, 0.2) is 0 Å². The minimum absolute atomic E-state index is 0.0240. The van der Waals surface area contributed by atoms with E-state index in [2.05, 4.69) is 31.9 Å². The highest BCUT2D eigenvalue weighted by Crippen LogP contribution is 2.32. The van der Waals surface area contributed by atoms with Gasteiger partial charge in [-0.15, -0.1) is 11.6 Å². The summed E-state index contributed by atoms with van der Waals surface area (Å²) in [4.78, 5) is 37.0. The molecular weight excluding hydrogens is 369 g/mol. The molecule has 16 heavy (non-hydrogen) atoms. The summed E-state index contributed by atoms with van der Waals surface area (Å²) >= 11 is 12.4. The van der Waals surface area contributed by atoms with Gasteiger partial charge in [0.2, 0.25) is 0 Å². The molecule has 1 rings (SSSR count). The summed E-state index contributed by atoms with van der Waals surface area (Å²) in [6.45, 7) is 1.69. The Morgan fingerprint density at radius 3 is 2.19 bits per heavy atom. The molecule has 0 radical (unpaired) electrons. The second kappa shape index (κ2) is 4.89. The molecule has 0 fully saturated rings. The lowest BCUT2D eigenvalue weighted by Crippen LogP contribution is -2.46. The number of H-pyrrole nitrogens is 2. The Kier molecular flexibility index (Phi) is 4.19. The zero-order chi connectivity index (χ0) is 12.5. The van der Waals surface area contributed by atoms with Crippen molar-refractivity contribution in [3.8, 4) is 0 Å². The number of aromatic nitrogens is 3. The van der Waals surface area contributed by atoms with Crippen molar-refractivity contribution in [2.75, 3.05) is 0 Å². The van der Waals surface area contributed by atoms with Crippen LogP contribution in [0.1, 0.15) is 6.92 Å². The lowest BCUT2D eigenvalue weighted by Gasteiger charge is -2.20. The molecule has 0 unspecified atom stereocenters. The van der Waals surface area contributed by atoms with E-state index in [1.54, 1.807) is 6.92 Å². The monoisotopic (exact) mass is 375 g/mol. The summed E-state index contributed by atoms with van der Waals surface area (Å²) in [5.74, 6) is 0. The fraction of sp³-hybridized carbons (Fsp3) is 0.571. The van der Waals surface area contributed by atoms with E-state index >= 15 is 0 Å². The highest BCUT2D eigenvalue weighted by Gasteiger charge is 2.27. The van der Waals surface area contributed by atoms with E-state index in [9.17, 15) is 14.4 Å². The first kappa shape index (κ1) is 13.7. The van der Waals surface area contributed by atoms with Crippen LogP contribution >= 0.6 is 43.5 Å². The molecule has 0 aliphatic carbocycles. The second-order valence-electron chi connectivity index (χ2n) is 3.22. The first-order valence-electron chi connectivity index (χ1n) is 4.17. The SMILES string of the molecule is C[C@@](Cl)(Br)[C@H](Br)Cn1c(=O)[nH]c(=O)[nH]c1=O. The minimum Gasteiger partial charge on any atom is -0.259 e. The summed E-state index contributed by atoms with van der Waals surface area (Å²) in [6.07, 6.45) is 0. The molecule has 0 amide bonds.